The fraction of sp³-hybridized carbons (Fsp3) is 0. The Morgan fingerprint density at radius 1 is 1.18 bits per heavy atom. The monoisotopic (exact) mass is 299 g/mol. The number of hydrogen-bond donors (Lipinski definition) is 1. The molecule has 3 rings (SSSR count). The molecule has 0 fully saturated rings. The average Bonchev–Trinajstić information content (AvgIpc) is 3.02. The van der Waals surface area contributed by atoms with Crippen molar-refractivity contribution < 1.29 is 18.4 Å². The Morgan fingerprint density at radius 3 is 2.82 bits per heavy atom. The Labute approximate surface area is 124 Å². The Balaban J connectivity index is 1.79. The zero-order chi connectivity index (χ0) is 15.4. The standard InChI is InChI=1S/C15H10FN3O3/c16-10-6-11(19-15(20)14-3-5-18-22-14)8-13(7-10)21-12-2-1-4-17-9-12/h1-9H,(H,19,20). The van der Waals surface area contributed by atoms with Crippen LogP contribution in [0.5, 0.6) is 11.5 Å². The molecular weight excluding hydrogens is 289 g/mol. The number of nitrogens with zero attached hydrogens (tertiary/aromatic N) is 2. The van der Waals surface area contributed by atoms with Gasteiger partial charge >= 0.3 is 0 Å². The molecule has 0 bridgehead atoms. The number of benzene rings is 1. The molecule has 1 N–H and O–H groups in total. The summed E-state index contributed by atoms with van der Waals surface area (Å²) in [6.45, 7) is 0. The quantitative estimate of drug-likeness (QED) is 0.800. The summed E-state index contributed by atoms with van der Waals surface area (Å²) in [5.41, 5.74) is 0.236. The second kappa shape index (κ2) is 6.04. The Kier molecular flexibility index (Phi) is 3.78. The first-order chi connectivity index (χ1) is 10.7. The summed E-state index contributed by atoms with van der Waals surface area (Å²) in [6, 6.07) is 8.65. The maximum atomic E-state index is 13.6. The number of ether oxygens (including phenoxy) is 1. The number of nitrogens with one attached hydrogen (secondary N) is 1. The van der Waals surface area contributed by atoms with Gasteiger partial charge in [0.2, 0.25) is 5.76 Å². The highest BCUT2D eigenvalue weighted by Crippen LogP contribution is 2.25. The topological polar surface area (TPSA) is 77.2 Å². The fourth-order valence-electron chi connectivity index (χ4n) is 1.76. The molecule has 0 aliphatic heterocycles. The lowest BCUT2D eigenvalue weighted by Crippen LogP contribution is -2.11. The van der Waals surface area contributed by atoms with Crippen molar-refractivity contribution in [3.8, 4) is 11.5 Å². The molecule has 1 amide bonds. The van der Waals surface area contributed by atoms with Gasteiger partial charge in [0, 0.05) is 30.1 Å². The molecule has 6 nitrogen and oxygen atoms in total. The number of rotatable bonds is 4. The predicted octanol–water partition coefficient (Wildman–Crippen LogP) is 3.25. The molecule has 0 spiro atoms. The minimum absolute atomic E-state index is 0.0268. The van der Waals surface area contributed by atoms with Crippen molar-refractivity contribution in [1.29, 1.82) is 0 Å². The summed E-state index contributed by atoms with van der Waals surface area (Å²) in [5, 5.41) is 5.94. The highest BCUT2D eigenvalue weighted by molar-refractivity contribution is 6.02. The van der Waals surface area contributed by atoms with E-state index < -0.39 is 11.7 Å². The van der Waals surface area contributed by atoms with Crippen molar-refractivity contribution >= 4 is 11.6 Å². The number of carbonyl (C=O) groups excluding carboxylic acids is 1. The van der Waals surface area contributed by atoms with Crippen molar-refractivity contribution in [1.82, 2.24) is 10.1 Å². The third kappa shape index (κ3) is 3.26. The molecule has 22 heavy (non-hydrogen) atoms. The van der Waals surface area contributed by atoms with Gasteiger partial charge in [0.05, 0.1) is 12.4 Å². The first-order valence-electron chi connectivity index (χ1n) is 6.31. The average molecular weight is 299 g/mol. The summed E-state index contributed by atoms with van der Waals surface area (Å²) < 4.78 is 23.9. The molecule has 0 aliphatic carbocycles. The lowest BCUT2D eigenvalue weighted by atomic mass is 10.2. The van der Waals surface area contributed by atoms with Crippen molar-refractivity contribution in [3.05, 3.63) is 66.6 Å². The van der Waals surface area contributed by atoms with Crippen LogP contribution in [-0.4, -0.2) is 16.0 Å². The molecule has 2 heterocycles. The van der Waals surface area contributed by atoms with Crippen LogP contribution in [0.1, 0.15) is 10.6 Å². The van der Waals surface area contributed by atoms with Gasteiger partial charge in [-0.25, -0.2) is 4.39 Å². The maximum absolute atomic E-state index is 13.6. The summed E-state index contributed by atoms with van der Waals surface area (Å²) in [6.07, 6.45) is 4.44. The van der Waals surface area contributed by atoms with Crippen LogP contribution in [0, 0.1) is 5.82 Å². The number of pyridine rings is 1. The van der Waals surface area contributed by atoms with E-state index in [-0.39, 0.29) is 17.2 Å². The first kappa shape index (κ1) is 13.7. The van der Waals surface area contributed by atoms with Gasteiger partial charge in [-0.3, -0.25) is 9.78 Å². The van der Waals surface area contributed by atoms with Gasteiger partial charge in [0.25, 0.3) is 5.91 Å². The van der Waals surface area contributed by atoms with Crippen molar-refractivity contribution in [2.75, 3.05) is 5.32 Å². The minimum atomic E-state index is -0.547. The lowest BCUT2D eigenvalue weighted by Gasteiger charge is -2.08. The maximum Gasteiger partial charge on any atom is 0.294 e. The zero-order valence-corrected chi connectivity index (χ0v) is 11.2. The van der Waals surface area contributed by atoms with Crippen LogP contribution < -0.4 is 10.1 Å². The van der Waals surface area contributed by atoms with Crippen LogP contribution in [0.4, 0.5) is 10.1 Å². The van der Waals surface area contributed by atoms with Gasteiger partial charge in [0.15, 0.2) is 0 Å². The van der Waals surface area contributed by atoms with E-state index in [1.807, 2.05) is 0 Å². The normalized spacial score (nSPS) is 10.2. The summed E-state index contributed by atoms with van der Waals surface area (Å²) in [7, 11) is 0. The molecule has 0 atom stereocenters. The first-order valence-corrected chi connectivity index (χ1v) is 6.31. The number of hydrogen-bond acceptors (Lipinski definition) is 5. The van der Waals surface area contributed by atoms with E-state index in [0.717, 1.165) is 0 Å². The van der Waals surface area contributed by atoms with E-state index in [2.05, 4.69) is 15.5 Å². The van der Waals surface area contributed by atoms with Gasteiger partial charge in [-0.2, -0.15) is 0 Å². The molecule has 0 saturated carbocycles. The van der Waals surface area contributed by atoms with Crippen LogP contribution in [0.3, 0.4) is 0 Å². The van der Waals surface area contributed by atoms with E-state index in [0.29, 0.717) is 5.75 Å². The summed E-state index contributed by atoms with van der Waals surface area (Å²) >= 11 is 0. The van der Waals surface area contributed by atoms with E-state index in [1.54, 1.807) is 18.3 Å². The number of halogens is 1. The van der Waals surface area contributed by atoms with Crippen LogP contribution >= 0.6 is 0 Å². The third-order valence-corrected chi connectivity index (χ3v) is 2.66. The van der Waals surface area contributed by atoms with Crippen LogP contribution in [-0.2, 0) is 0 Å². The van der Waals surface area contributed by atoms with E-state index in [9.17, 15) is 9.18 Å². The van der Waals surface area contributed by atoms with Gasteiger partial charge in [-0.1, -0.05) is 5.16 Å². The van der Waals surface area contributed by atoms with Crippen LogP contribution in [0.2, 0.25) is 0 Å². The third-order valence-electron chi connectivity index (χ3n) is 2.66. The molecule has 2 aromatic heterocycles. The number of aromatic nitrogens is 2. The number of amides is 1. The molecule has 0 aliphatic rings. The number of anilines is 1. The fourth-order valence-corrected chi connectivity index (χ4v) is 1.76. The van der Waals surface area contributed by atoms with E-state index >= 15 is 0 Å². The second-order valence-corrected chi connectivity index (χ2v) is 4.30. The molecule has 7 heteroatoms. The molecule has 110 valence electrons. The molecule has 3 aromatic rings. The Hall–Kier alpha value is -3.22. The molecule has 1 aromatic carbocycles. The zero-order valence-electron chi connectivity index (χ0n) is 11.2. The highest BCUT2D eigenvalue weighted by atomic mass is 19.1. The smallest absolute Gasteiger partial charge is 0.294 e. The molecule has 0 unspecified atom stereocenters. The van der Waals surface area contributed by atoms with Crippen molar-refractivity contribution in [2.45, 2.75) is 0 Å². The predicted molar refractivity (Wildman–Crippen MR) is 75.2 cm³/mol. The Bertz CT molecular complexity index is 776. The molecule has 0 saturated heterocycles. The van der Waals surface area contributed by atoms with Crippen LogP contribution in [0.15, 0.2) is 59.5 Å². The van der Waals surface area contributed by atoms with Gasteiger partial charge < -0.3 is 14.6 Å². The van der Waals surface area contributed by atoms with E-state index in [1.165, 1.54) is 36.7 Å². The largest absolute Gasteiger partial charge is 0.456 e. The lowest BCUT2D eigenvalue weighted by molar-refractivity contribution is 0.0988. The second-order valence-electron chi connectivity index (χ2n) is 4.30. The van der Waals surface area contributed by atoms with Gasteiger partial charge in [-0.15, -0.1) is 0 Å². The van der Waals surface area contributed by atoms with Crippen LogP contribution in [0.25, 0.3) is 0 Å². The molecular formula is C15H10FN3O3. The summed E-state index contributed by atoms with van der Waals surface area (Å²) in [5.74, 6) is -0.356. The SMILES string of the molecule is O=C(Nc1cc(F)cc(Oc2cccnc2)c1)c1ccno1. The summed E-state index contributed by atoms with van der Waals surface area (Å²) in [4.78, 5) is 15.7. The minimum Gasteiger partial charge on any atom is -0.456 e. The number of carbonyl (C=O) groups is 1. The molecule has 0 radical (unpaired) electrons. The Morgan fingerprint density at radius 2 is 2.09 bits per heavy atom. The van der Waals surface area contributed by atoms with Gasteiger partial charge in [-0.05, 0) is 18.2 Å². The van der Waals surface area contributed by atoms with Crippen molar-refractivity contribution in [3.63, 3.8) is 0 Å². The van der Waals surface area contributed by atoms with Gasteiger partial charge in [0.1, 0.15) is 17.3 Å². The van der Waals surface area contributed by atoms with E-state index in [4.69, 9.17) is 9.26 Å². The highest BCUT2D eigenvalue weighted by Gasteiger charge is 2.11. The van der Waals surface area contributed by atoms with Crippen molar-refractivity contribution in [2.24, 2.45) is 0 Å².